The van der Waals surface area contributed by atoms with Crippen molar-refractivity contribution >= 4 is 62.5 Å². The summed E-state index contributed by atoms with van der Waals surface area (Å²) in [5.41, 5.74) is 15.5. The average molecular weight is 635 g/mol. The van der Waals surface area contributed by atoms with E-state index in [1.807, 2.05) is 37.3 Å². The maximum atomic E-state index is 11.5. The third kappa shape index (κ3) is 7.98. The highest BCUT2D eigenvalue weighted by atomic mass is 16.4. The van der Waals surface area contributed by atoms with Gasteiger partial charge in [-0.05, 0) is 105 Å². The number of hydrogen-bond donors (Lipinski definition) is 4. The zero-order chi connectivity index (χ0) is 34.8. The molecule has 3 aromatic heterocycles. The van der Waals surface area contributed by atoms with Crippen LogP contribution in [0.4, 0.5) is 0 Å². The predicted molar refractivity (Wildman–Crippen MR) is 201 cm³/mol. The number of aliphatic hydroxyl groups is 1. The van der Waals surface area contributed by atoms with E-state index in [1.54, 1.807) is 0 Å². The number of aryl methyl sites for hydroxylation is 2. The predicted octanol–water partition coefficient (Wildman–Crippen LogP) is 10.3. The Morgan fingerprint density at radius 3 is 1.60 bits per heavy atom. The number of hydrogen-bond acceptors (Lipinski definition) is 4. The smallest absolute Gasteiger partial charge is 0.303 e. The Bertz CT molecular complexity index is 1900. The van der Waals surface area contributed by atoms with E-state index < -0.39 is 5.97 Å². The van der Waals surface area contributed by atoms with Gasteiger partial charge in [0.1, 0.15) is 0 Å². The summed E-state index contributed by atoms with van der Waals surface area (Å²) in [6, 6.07) is 8.27. The molecular weight excluding hydrogens is 584 g/mol. The van der Waals surface area contributed by atoms with Gasteiger partial charge >= 0.3 is 5.97 Å². The Kier molecular flexibility index (Phi) is 13.0. The zero-order valence-corrected chi connectivity index (χ0v) is 29.1. The van der Waals surface area contributed by atoms with Crippen LogP contribution >= 0.6 is 0 Å². The lowest BCUT2D eigenvalue weighted by Crippen LogP contribution is -1.95. The van der Waals surface area contributed by atoms with E-state index in [9.17, 15) is 9.90 Å². The lowest BCUT2D eigenvalue weighted by Gasteiger charge is -2.05. The van der Waals surface area contributed by atoms with Crippen molar-refractivity contribution < 1.29 is 15.0 Å². The molecule has 0 saturated carbocycles. The summed E-state index contributed by atoms with van der Waals surface area (Å²) < 4.78 is 0. The number of rotatable bonds is 9. The number of aromatic nitrogens is 4. The molecule has 0 fully saturated rings. The first kappa shape index (κ1) is 36.7. The van der Waals surface area contributed by atoms with E-state index in [-0.39, 0.29) is 6.42 Å². The minimum atomic E-state index is -0.833. The molecule has 2 aliphatic heterocycles. The van der Waals surface area contributed by atoms with Gasteiger partial charge in [-0.3, -0.25) is 4.79 Å². The van der Waals surface area contributed by atoms with Crippen molar-refractivity contribution in [1.82, 2.24) is 19.9 Å². The summed E-state index contributed by atoms with van der Waals surface area (Å²) in [6.45, 7) is 24.7. The summed E-state index contributed by atoms with van der Waals surface area (Å²) in [7, 11) is 1.00. The largest absolute Gasteiger partial charge is 0.481 e. The molecule has 0 saturated heterocycles. The molecular formula is C40H50N4O3. The van der Waals surface area contributed by atoms with Gasteiger partial charge in [0, 0.05) is 46.7 Å². The van der Waals surface area contributed by atoms with E-state index in [1.165, 1.54) is 12.8 Å². The highest BCUT2D eigenvalue weighted by molar-refractivity contribution is 5.96. The van der Waals surface area contributed by atoms with Gasteiger partial charge in [0.05, 0.1) is 22.8 Å². The second kappa shape index (κ2) is 16.7. The molecule has 5 rings (SSSR count). The number of carboxylic acids is 1. The third-order valence-corrected chi connectivity index (χ3v) is 8.73. The van der Waals surface area contributed by atoms with Gasteiger partial charge in [0.25, 0.3) is 0 Å². The molecule has 7 heteroatoms. The summed E-state index contributed by atoms with van der Waals surface area (Å²) in [6.07, 6.45) is 10.4. The van der Waals surface area contributed by atoms with Crippen molar-refractivity contribution in [2.24, 2.45) is 0 Å². The Labute approximate surface area is 279 Å². The number of unbranched alkanes of at least 4 members (excludes halogenated alkanes) is 1. The van der Waals surface area contributed by atoms with Crippen LogP contribution in [0.5, 0.6) is 0 Å². The summed E-state index contributed by atoms with van der Waals surface area (Å²) in [5.74, 6) is -0.833. The number of nitrogens with one attached hydrogen (secondary N) is 2. The van der Waals surface area contributed by atoms with Crippen LogP contribution in [0.1, 0.15) is 111 Å². The molecule has 0 spiro atoms. The van der Waals surface area contributed by atoms with Crippen molar-refractivity contribution in [2.45, 2.75) is 80.1 Å². The zero-order valence-electron chi connectivity index (χ0n) is 29.1. The Morgan fingerprint density at radius 2 is 1.15 bits per heavy atom. The summed E-state index contributed by atoms with van der Waals surface area (Å²) in [4.78, 5) is 28.8. The number of carbonyl (C=O) groups is 1. The van der Waals surface area contributed by atoms with Crippen LogP contribution in [-0.2, 0) is 4.79 Å². The maximum Gasteiger partial charge on any atom is 0.303 e. The lowest BCUT2D eigenvalue weighted by atomic mass is 9.98. The van der Waals surface area contributed by atoms with Crippen molar-refractivity contribution in [2.75, 3.05) is 7.11 Å². The Hall–Kier alpha value is -4.75. The molecule has 5 heterocycles. The van der Waals surface area contributed by atoms with E-state index in [4.69, 9.17) is 15.1 Å². The van der Waals surface area contributed by atoms with Crippen LogP contribution in [0, 0.1) is 13.8 Å². The lowest BCUT2D eigenvalue weighted by molar-refractivity contribution is -0.136. The number of aliphatic carboxylic acids is 1. The molecule has 0 radical (unpaired) electrons. The van der Waals surface area contributed by atoms with Gasteiger partial charge in [0.2, 0.25) is 0 Å². The Balaban J connectivity index is 0.000000930. The van der Waals surface area contributed by atoms with Gasteiger partial charge in [-0.1, -0.05) is 58.1 Å². The average Bonchev–Trinajstić information content (AvgIpc) is 3.72. The van der Waals surface area contributed by atoms with Crippen LogP contribution in [0.15, 0.2) is 50.1 Å². The van der Waals surface area contributed by atoms with Crippen molar-refractivity contribution in [3.63, 3.8) is 0 Å². The van der Waals surface area contributed by atoms with Gasteiger partial charge in [-0.25, -0.2) is 9.97 Å². The molecule has 248 valence electrons. The fraction of sp³-hybridized carbons (Fsp3) is 0.325. The van der Waals surface area contributed by atoms with E-state index in [0.717, 1.165) is 109 Å². The van der Waals surface area contributed by atoms with Gasteiger partial charge in [-0.2, -0.15) is 0 Å². The van der Waals surface area contributed by atoms with Crippen molar-refractivity contribution in [1.29, 1.82) is 0 Å². The standard InChI is InChI=1S/C35H36N4O2.C4H10.CH4O/c1-8-11-12-25-21(6)30-17-32-24(10-3)20(5)29(37-32)16-31-23(9-2)19(4)27(36-31)15-28-22(7)26(13-14-35(40)41)34(38-28)18-33(25)39-30;1-3-4-2;1-2/h8-10,15-18,36-37H,1-3,11-14H2,4-7H3,(H,40,41);3-4H2,1-2H3;2H,1H3. The van der Waals surface area contributed by atoms with E-state index in [0.29, 0.717) is 6.42 Å². The molecule has 3 aromatic rings. The molecule has 0 unspecified atom stereocenters. The number of allylic oxidation sites excluding steroid dienone is 5. The minimum Gasteiger partial charge on any atom is -0.481 e. The molecule has 0 aliphatic carbocycles. The molecule has 0 atom stereocenters. The van der Waals surface area contributed by atoms with Crippen LogP contribution in [0.2, 0.25) is 0 Å². The van der Waals surface area contributed by atoms with Crippen LogP contribution < -0.4 is 0 Å². The summed E-state index contributed by atoms with van der Waals surface area (Å²) in [5, 5.41) is 16.5. The first-order valence-corrected chi connectivity index (χ1v) is 16.3. The quantitative estimate of drug-likeness (QED) is 0.175. The highest BCUT2D eigenvalue weighted by Crippen LogP contribution is 2.38. The number of aliphatic hydroxyl groups excluding tert-OH is 1. The maximum absolute atomic E-state index is 11.5. The fourth-order valence-corrected chi connectivity index (χ4v) is 5.78. The molecule has 7 nitrogen and oxygen atoms in total. The molecule has 0 amide bonds. The second-order valence-corrected chi connectivity index (χ2v) is 11.7. The number of aromatic amines is 2. The van der Waals surface area contributed by atoms with Crippen LogP contribution in [0.25, 0.3) is 56.5 Å². The molecule has 8 bridgehead atoms. The molecule has 2 aliphatic rings. The number of carboxylic acid groups (broad SMARTS) is 1. The van der Waals surface area contributed by atoms with E-state index in [2.05, 4.69) is 76.5 Å². The normalized spacial score (nSPS) is 12.2. The minimum absolute atomic E-state index is 0.0303. The van der Waals surface area contributed by atoms with Gasteiger partial charge in [-0.15, -0.1) is 6.58 Å². The molecule has 47 heavy (non-hydrogen) atoms. The number of fused-ring (bicyclic) bond motifs is 8. The SMILES string of the molecule is C=CCCC1=C(C)c2cc3[nH]c(cc4[nH]c(cc5nc(cc1n2)C(CCC(=O)O)=C5C)c(C)c4C=C)c(C)c3C=C.CCCC.CO. The molecule has 4 N–H and O–H groups in total. The fourth-order valence-electron chi connectivity index (χ4n) is 5.78. The van der Waals surface area contributed by atoms with Crippen molar-refractivity contribution in [3.05, 3.63) is 95.1 Å². The molecule has 0 aromatic carbocycles. The topological polar surface area (TPSA) is 115 Å². The monoisotopic (exact) mass is 634 g/mol. The van der Waals surface area contributed by atoms with Crippen LogP contribution in [0.3, 0.4) is 0 Å². The van der Waals surface area contributed by atoms with Gasteiger partial charge < -0.3 is 20.2 Å². The first-order chi connectivity index (χ1) is 22.6. The third-order valence-electron chi connectivity index (χ3n) is 8.73. The number of H-pyrrole nitrogens is 2. The highest BCUT2D eigenvalue weighted by Gasteiger charge is 2.22. The number of nitrogens with zero attached hydrogens (tertiary/aromatic N) is 2. The van der Waals surface area contributed by atoms with Gasteiger partial charge in [0.15, 0.2) is 0 Å². The van der Waals surface area contributed by atoms with Crippen LogP contribution in [-0.4, -0.2) is 43.2 Å². The van der Waals surface area contributed by atoms with E-state index >= 15 is 0 Å². The Morgan fingerprint density at radius 1 is 0.702 bits per heavy atom. The first-order valence-electron chi connectivity index (χ1n) is 16.3. The summed E-state index contributed by atoms with van der Waals surface area (Å²) >= 11 is 0. The second-order valence-electron chi connectivity index (χ2n) is 11.7. The van der Waals surface area contributed by atoms with Crippen molar-refractivity contribution in [3.8, 4) is 0 Å².